The zero-order valence-corrected chi connectivity index (χ0v) is 17.0. The summed E-state index contributed by atoms with van der Waals surface area (Å²) in [5.41, 5.74) is 3.26. The molecule has 0 N–H and O–H groups in total. The van der Waals surface area contributed by atoms with E-state index in [1.165, 1.54) is 12.1 Å². The van der Waals surface area contributed by atoms with Gasteiger partial charge >= 0.3 is 0 Å². The number of carbonyl (C=O) groups excluding carboxylic acids is 1. The molecule has 0 saturated carbocycles. The summed E-state index contributed by atoms with van der Waals surface area (Å²) in [4.78, 5) is 19.9. The molecule has 3 rings (SSSR count). The molecule has 0 saturated heterocycles. The van der Waals surface area contributed by atoms with E-state index in [9.17, 15) is 13.6 Å². The van der Waals surface area contributed by atoms with Crippen molar-refractivity contribution in [1.82, 2.24) is 4.90 Å². The van der Waals surface area contributed by atoms with Crippen LogP contribution in [-0.4, -0.2) is 29.2 Å². The largest absolute Gasteiger partial charge is 0.390 e. The van der Waals surface area contributed by atoms with Gasteiger partial charge < -0.3 is 9.74 Å². The number of amides is 1. The third kappa shape index (κ3) is 5.40. The third-order valence-electron chi connectivity index (χ3n) is 4.92. The highest BCUT2D eigenvalue weighted by Gasteiger charge is 2.28. The summed E-state index contributed by atoms with van der Waals surface area (Å²) >= 11 is 0. The van der Waals surface area contributed by atoms with Crippen LogP contribution in [0.1, 0.15) is 43.4 Å². The summed E-state index contributed by atoms with van der Waals surface area (Å²) in [6.07, 6.45) is 0.618. The Morgan fingerprint density at radius 1 is 1.24 bits per heavy atom. The van der Waals surface area contributed by atoms with Crippen LogP contribution in [0.25, 0.3) is 0 Å². The van der Waals surface area contributed by atoms with E-state index in [1.807, 2.05) is 45.0 Å². The lowest BCUT2D eigenvalue weighted by Crippen LogP contribution is -2.38. The zero-order chi connectivity index (χ0) is 21.0. The summed E-state index contributed by atoms with van der Waals surface area (Å²) in [5.74, 6) is -1.21. The molecule has 1 aliphatic heterocycles. The lowest BCUT2D eigenvalue weighted by atomic mass is 10.00. The molecule has 2 aromatic rings. The second-order valence-electron chi connectivity index (χ2n) is 7.89. The molecule has 0 aromatic heterocycles. The first kappa shape index (κ1) is 21.0. The Hall–Kier alpha value is -2.76. The highest BCUT2D eigenvalue weighted by Crippen LogP contribution is 2.22. The van der Waals surface area contributed by atoms with Crippen molar-refractivity contribution in [2.24, 2.45) is 11.1 Å². The van der Waals surface area contributed by atoms with Crippen molar-refractivity contribution in [3.8, 4) is 0 Å². The van der Waals surface area contributed by atoms with E-state index in [4.69, 9.17) is 4.84 Å². The van der Waals surface area contributed by atoms with Crippen LogP contribution in [0.3, 0.4) is 0 Å². The van der Waals surface area contributed by atoms with E-state index in [0.717, 1.165) is 22.9 Å². The Labute approximate surface area is 170 Å². The van der Waals surface area contributed by atoms with Crippen molar-refractivity contribution in [3.63, 3.8) is 0 Å². The van der Waals surface area contributed by atoms with Gasteiger partial charge in [0.15, 0.2) is 6.10 Å². The number of aryl methyl sites for hydroxylation is 1. The quantitative estimate of drug-likeness (QED) is 0.667. The minimum atomic E-state index is -0.656. The molecule has 4 nitrogen and oxygen atoms in total. The lowest BCUT2D eigenvalue weighted by Gasteiger charge is -2.26. The van der Waals surface area contributed by atoms with E-state index in [1.54, 1.807) is 4.90 Å². The molecule has 1 atom stereocenters. The van der Waals surface area contributed by atoms with Gasteiger partial charge in [0.2, 0.25) is 5.91 Å². The van der Waals surface area contributed by atoms with Crippen LogP contribution in [0.4, 0.5) is 8.78 Å². The van der Waals surface area contributed by atoms with Gasteiger partial charge in [-0.05, 0) is 24.5 Å². The van der Waals surface area contributed by atoms with Crippen molar-refractivity contribution in [2.75, 3.05) is 6.54 Å². The smallest absolute Gasteiger partial charge is 0.223 e. The fourth-order valence-corrected chi connectivity index (χ4v) is 3.42. The molecule has 0 radical (unpaired) electrons. The Kier molecular flexibility index (Phi) is 6.62. The second-order valence-corrected chi connectivity index (χ2v) is 7.89. The highest BCUT2D eigenvalue weighted by molar-refractivity contribution is 6.02. The molecule has 2 aromatic carbocycles. The van der Waals surface area contributed by atoms with E-state index >= 15 is 0 Å². The van der Waals surface area contributed by atoms with E-state index in [0.29, 0.717) is 19.4 Å². The number of oxime groups is 1. The van der Waals surface area contributed by atoms with Gasteiger partial charge in [0.1, 0.15) is 11.6 Å². The van der Waals surface area contributed by atoms with Crippen LogP contribution in [0.15, 0.2) is 47.6 Å². The maximum Gasteiger partial charge on any atom is 0.223 e. The summed E-state index contributed by atoms with van der Waals surface area (Å²) in [6, 6.07) is 11.4. The van der Waals surface area contributed by atoms with Gasteiger partial charge in [-0.15, -0.1) is 0 Å². The summed E-state index contributed by atoms with van der Waals surface area (Å²) in [5, 5.41) is 4.21. The summed E-state index contributed by atoms with van der Waals surface area (Å²) < 4.78 is 27.4. The number of nitrogens with zero attached hydrogens (tertiary/aromatic N) is 2. The lowest BCUT2D eigenvalue weighted by molar-refractivity contribution is -0.134. The van der Waals surface area contributed by atoms with E-state index in [-0.39, 0.29) is 30.0 Å². The van der Waals surface area contributed by atoms with Gasteiger partial charge in [-0.25, -0.2) is 8.78 Å². The number of hydrogen-bond donors (Lipinski definition) is 0. The molecule has 1 heterocycles. The van der Waals surface area contributed by atoms with Crippen LogP contribution in [0, 0.1) is 24.5 Å². The maximum absolute atomic E-state index is 14.1. The normalized spacial score (nSPS) is 15.9. The predicted molar refractivity (Wildman–Crippen MR) is 108 cm³/mol. The van der Waals surface area contributed by atoms with Crippen molar-refractivity contribution >= 4 is 11.6 Å². The Morgan fingerprint density at radius 2 is 2.00 bits per heavy atom. The second kappa shape index (κ2) is 9.16. The minimum absolute atomic E-state index is 0.0667. The average Bonchev–Trinajstić information content (AvgIpc) is 3.11. The molecule has 0 fully saturated rings. The molecule has 0 aliphatic carbocycles. The Morgan fingerprint density at radius 3 is 2.69 bits per heavy atom. The minimum Gasteiger partial charge on any atom is -0.390 e. The molecule has 1 unspecified atom stereocenters. The zero-order valence-electron chi connectivity index (χ0n) is 17.0. The number of benzene rings is 2. The maximum atomic E-state index is 14.1. The molecule has 29 heavy (non-hydrogen) atoms. The number of rotatable bonds is 7. The third-order valence-corrected chi connectivity index (χ3v) is 4.92. The molecule has 1 amide bonds. The summed E-state index contributed by atoms with van der Waals surface area (Å²) in [6.45, 7) is 6.29. The van der Waals surface area contributed by atoms with Crippen LogP contribution in [0.2, 0.25) is 0 Å². The van der Waals surface area contributed by atoms with Gasteiger partial charge in [-0.2, -0.15) is 0 Å². The predicted octanol–water partition coefficient (Wildman–Crippen LogP) is 4.84. The van der Waals surface area contributed by atoms with E-state index < -0.39 is 11.6 Å². The topological polar surface area (TPSA) is 41.9 Å². The molecule has 1 aliphatic rings. The number of halogens is 2. The molecule has 0 spiro atoms. The molecular weight excluding hydrogens is 374 g/mol. The molecule has 6 heteroatoms. The average molecular weight is 400 g/mol. The standard InChI is InChI=1S/C23H26F2N2O2/c1-15(2)10-23(28)27(13-17-8-9-18(24)11-21(17)25)14-19-12-22(26-29-19)20-7-5-4-6-16(20)3/h4-9,11,15,19H,10,12-14H2,1-3H3. The van der Waals surface area contributed by atoms with Gasteiger partial charge in [-0.1, -0.05) is 49.3 Å². The fraction of sp³-hybridized carbons (Fsp3) is 0.391. The van der Waals surface area contributed by atoms with Crippen molar-refractivity contribution in [2.45, 2.75) is 46.3 Å². The molecular formula is C23H26F2N2O2. The van der Waals surface area contributed by atoms with Crippen LogP contribution in [0.5, 0.6) is 0 Å². The van der Waals surface area contributed by atoms with E-state index in [2.05, 4.69) is 5.16 Å². The summed E-state index contributed by atoms with van der Waals surface area (Å²) in [7, 11) is 0. The number of carbonyl (C=O) groups is 1. The van der Waals surface area contributed by atoms with Crippen LogP contribution >= 0.6 is 0 Å². The number of hydrogen-bond acceptors (Lipinski definition) is 3. The van der Waals surface area contributed by atoms with Gasteiger partial charge in [0, 0.05) is 36.6 Å². The fourth-order valence-electron chi connectivity index (χ4n) is 3.42. The molecule has 0 bridgehead atoms. The van der Waals surface area contributed by atoms with Gasteiger partial charge in [-0.3, -0.25) is 4.79 Å². The first-order chi connectivity index (χ1) is 13.8. The SMILES string of the molecule is Cc1ccccc1C1=NOC(CN(Cc2ccc(F)cc2F)C(=O)CC(C)C)C1. The Balaban J connectivity index is 1.72. The van der Waals surface area contributed by atoms with Crippen LogP contribution < -0.4 is 0 Å². The van der Waals surface area contributed by atoms with Crippen molar-refractivity contribution < 1.29 is 18.4 Å². The van der Waals surface area contributed by atoms with Crippen molar-refractivity contribution in [1.29, 1.82) is 0 Å². The first-order valence-electron chi connectivity index (χ1n) is 9.84. The van der Waals surface area contributed by atoms with Crippen LogP contribution in [-0.2, 0) is 16.2 Å². The van der Waals surface area contributed by atoms with Crippen molar-refractivity contribution in [3.05, 3.63) is 70.8 Å². The van der Waals surface area contributed by atoms with Gasteiger partial charge in [0.25, 0.3) is 0 Å². The monoisotopic (exact) mass is 400 g/mol. The highest BCUT2D eigenvalue weighted by atomic mass is 19.1. The first-order valence-corrected chi connectivity index (χ1v) is 9.84. The Bertz CT molecular complexity index is 912. The van der Waals surface area contributed by atoms with Gasteiger partial charge in [0.05, 0.1) is 12.3 Å². The molecule has 154 valence electrons.